The monoisotopic (exact) mass is 236 g/mol. The predicted molar refractivity (Wildman–Crippen MR) is 67.3 cm³/mol. The molecule has 0 unspecified atom stereocenters. The van der Waals surface area contributed by atoms with Crippen LogP contribution in [0.15, 0.2) is 12.2 Å². The molecule has 0 aliphatic heterocycles. The van der Waals surface area contributed by atoms with Crippen molar-refractivity contribution >= 4 is 0 Å². The van der Waals surface area contributed by atoms with Gasteiger partial charge in [0.1, 0.15) is 0 Å². The summed E-state index contributed by atoms with van der Waals surface area (Å²) in [6.07, 6.45) is 0.509. The molecule has 0 aromatic rings. The lowest BCUT2D eigenvalue weighted by Gasteiger charge is -2.47. The molecule has 2 N–H and O–H groups in total. The number of aliphatic hydroxyl groups excluding tert-OH is 2. The molecule has 0 amide bonds. The van der Waals surface area contributed by atoms with Gasteiger partial charge in [0, 0.05) is 5.41 Å². The van der Waals surface area contributed by atoms with Gasteiger partial charge in [0.05, 0.1) is 12.2 Å². The van der Waals surface area contributed by atoms with Crippen LogP contribution in [0, 0.1) is 35.0 Å². The Morgan fingerprint density at radius 3 is 2.59 bits per heavy atom. The average molecular weight is 236 g/mol. The third-order valence-corrected chi connectivity index (χ3v) is 5.78. The summed E-state index contributed by atoms with van der Waals surface area (Å²) in [5.74, 6) is 3.51. The molecule has 0 aromatic heterocycles. The van der Waals surface area contributed by atoms with Crippen LogP contribution in [0.2, 0.25) is 0 Å². The zero-order valence-electron chi connectivity index (χ0n) is 11.1. The van der Waals surface area contributed by atoms with Crippen LogP contribution in [0.25, 0.3) is 0 Å². The Morgan fingerprint density at radius 2 is 2.00 bits per heavy atom. The molecular weight excluding hydrogens is 212 g/mol. The van der Waals surface area contributed by atoms with E-state index in [-0.39, 0.29) is 5.41 Å². The van der Waals surface area contributed by atoms with Crippen molar-refractivity contribution < 1.29 is 10.2 Å². The zero-order chi connectivity index (χ0) is 12.5. The zero-order valence-corrected chi connectivity index (χ0v) is 11.1. The van der Waals surface area contributed by atoms with E-state index >= 15 is 0 Å². The summed E-state index contributed by atoms with van der Waals surface area (Å²) in [7, 11) is 0. The molecule has 0 heterocycles. The maximum Gasteiger partial charge on any atom is 0.0861 e. The number of rotatable bonds is 1. The van der Waals surface area contributed by atoms with Gasteiger partial charge in [-0.2, -0.15) is 0 Å². The highest BCUT2D eigenvalue weighted by Gasteiger charge is 2.69. The van der Waals surface area contributed by atoms with Crippen molar-refractivity contribution in [2.75, 3.05) is 0 Å². The van der Waals surface area contributed by atoms with Gasteiger partial charge in [-0.05, 0) is 42.4 Å². The van der Waals surface area contributed by atoms with E-state index in [9.17, 15) is 10.2 Å². The smallest absolute Gasteiger partial charge is 0.0861 e. The lowest BCUT2D eigenvalue weighted by molar-refractivity contribution is -0.0972. The lowest BCUT2D eigenvalue weighted by atomic mass is 9.61. The second-order valence-corrected chi connectivity index (χ2v) is 7.12. The second-order valence-electron chi connectivity index (χ2n) is 7.12. The molecule has 0 bridgehead atoms. The van der Waals surface area contributed by atoms with Crippen LogP contribution in [0.4, 0.5) is 0 Å². The topological polar surface area (TPSA) is 40.5 Å². The van der Waals surface area contributed by atoms with Gasteiger partial charge in [0.25, 0.3) is 0 Å². The molecule has 17 heavy (non-hydrogen) atoms. The average Bonchev–Trinajstić information content (AvgIpc) is 2.80. The van der Waals surface area contributed by atoms with Crippen molar-refractivity contribution in [3.63, 3.8) is 0 Å². The van der Waals surface area contributed by atoms with Crippen molar-refractivity contribution in [2.45, 2.75) is 45.8 Å². The molecule has 3 rings (SSSR count). The van der Waals surface area contributed by atoms with Crippen molar-refractivity contribution in [3.8, 4) is 0 Å². The van der Waals surface area contributed by atoms with Gasteiger partial charge < -0.3 is 10.2 Å². The Bertz CT molecular complexity index is 362. The highest BCUT2D eigenvalue weighted by Crippen LogP contribution is 2.73. The molecule has 3 fully saturated rings. The maximum atomic E-state index is 10.3. The first-order valence-corrected chi connectivity index (χ1v) is 6.91. The van der Waals surface area contributed by atoms with Gasteiger partial charge in [-0.25, -0.2) is 0 Å². The van der Waals surface area contributed by atoms with E-state index in [1.54, 1.807) is 0 Å². The molecule has 3 saturated carbocycles. The van der Waals surface area contributed by atoms with E-state index in [0.29, 0.717) is 12.3 Å². The van der Waals surface area contributed by atoms with Gasteiger partial charge in [-0.3, -0.25) is 0 Å². The van der Waals surface area contributed by atoms with Crippen LogP contribution in [-0.4, -0.2) is 22.4 Å². The number of fused-ring (bicyclic) bond motifs is 3. The lowest BCUT2D eigenvalue weighted by Crippen LogP contribution is -2.50. The van der Waals surface area contributed by atoms with Crippen molar-refractivity contribution in [3.05, 3.63) is 12.2 Å². The third kappa shape index (κ3) is 1.34. The molecule has 2 nitrogen and oxygen atoms in total. The van der Waals surface area contributed by atoms with Crippen LogP contribution < -0.4 is 0 Å². The van der Waals surface area contributed by atoms with Crippen LogP contribution in [0.3, 0.4) is 0 Å². The first-order chi connectivity index (χ1) is 7.88. The molecule has 2 heteroatoms. The Hall–Kier alpha value is -0.340. The maximum absolute atomic E-state index is 10.3. The Labute approximate surface area is 104 Å². The van der Waals surface area contributed by atoms with E-state index in [0.717, 1.165) is 30.1 Å². The van der Waals surface area contributed by atoms with Gasteiger partial charge in [0.2, 0.25) is 0 Å². The standard InChI is InChI=1S/C15H24O2/c1-7(2)11-9-6-15(4)13(12(9)11)8(3)5-10(16)14(15)17/h7,9-14,16-17H,3,5-6H2,1-2,4H3/t9-,10-,11-,12-,13-,14+,15+/m1/s1. The van der Waals surface area contributed by atoms with Gasteiger partial charge in [-0.15, -0.1) is 0 Å². The fourth-order valence-electron chi connectivity index (χ4n) is 5.17. The molecule has 3 aliphatic carbocycles. The first-order valence-electron chi connectivity index (χ1n) is 6.91. The van der Waals surface area contributed by atoms with Crippen LogP contribution >= 0.6 is 0 Å². The Kier molecular flexibility index (Phi) is 2.32. The molecule has 0 aromatic carbocycles. The highest BCUT2D eigenvalue weighted by atomic mass is 16.3. The fourth-order valence-corrected chi connectivity index (χ4v) is 5.17. The van der Waals surface area contributed by atoms with Crippen molar-refractivity contribution in [1.82, 2.24) is 0 Å². The van der Waals surface area contributed by atoms with E-state index in [1.165, 1.54) is 5.57 Å². The number of aliphatic hydroxyl groups is 2. The molecule has 0 spiro atoms. The van der Waals surface area contributed by atoms with Crippen LogP contribution in [0.5, 0.6) is 0 Å². The summed E-state index contributed by atoms with van der Waals surface area (Å²) in [6.45, 7) is 10.9. The van der Waals surface area contributed by atoms with E-state index in [2.05, 4.69) is 27.4 Å². The van der Waals surface area contributed by atoms with Gasteiger partial charge in [-0.1, -0.05) is 32.9 Å². The summed E-state index contributed by atoms with van der Waals surface area (Å²) >= 11 is 0. The molecular formula is C15H24O2. The van der Waals surface area contributed by atoms with E-state index in [1.807, 2.05) is 0 Å². The molecule has 96 valence electrons. The number of hydrogen-bond donors (Lipinski definition) is 2. The van der Waals surface area contributed by atoms with Crippen molar-refractivity contribution in [2.24, 2.45) is 35.0 Å². The van der Waals surface area contributed by atoms with E-state index < -0.39 is 12.2 Å². The minimum Gasteiger partial charge on any atom is -0.390 e. The highest BCUT2D eigenvalue weighted by molar-refractivity contribution is 5.27. The van der Waals surface area contributed by atoms with Crippen molar-refractivity contribution in [1.29, 1.82) is 0 Å². The minimum absolute atomic E-state index is 0.116. The van der Waals surface area contributed by atoms with Crippen LogP contribution in [-0.2, 0) is 0 Å². The largest absolute Gasteiger partial charge is 0.390 e. The normalized spacial score (nSPS) is 56.9. The summed E-state index contributed by atoms with van der Waals surface area (Å²) in [5, 5.41) is 20.2. The summed E-state index contributed by atoms with van der Waals surface area (Å²) in [6, 6.07) is 0. The summed E-state index contributed by atoms with van der Waals surface area (Å²) in [4.78, 5) is 0. The van der Waals surface area contributed by atoms with Gasteiger partial charge in [0.15, 0.2) is 0 Å². The third-order valence-electron chi connectivity index (χ3n) is 5.78. The van der Waals surface area contributed by atoms with E-state index in [4.69, 9.17) is 0 Å². The van der Waals surface area contributed by atoms with Crippen LogP contribution in [0.1, 0.15) is 33.6 Å². The molecule has 7 atom stereocenters. The SMILES string of the molecule is C=C1C[C@@H](O)[C@H](O)[C@@]2(C)C[C@@H]3[C@@H](C(C)C)[C@@H]3[C@@H]12. The summed E-state index contributed by atoms with van der Waals surface area (Å²) in [5.41, 5.74) is 1.07. The second kappa shape index (κ2) is 3.36. The summed E-state index contributed by atoms with van der Waals surface area (Å²) < 4.78 is 0. The Morgan fingerprint density at radius 1 is 1.35 bits per heavy atom. The molecule has 0 radical (unpaired) electrons. The fraction of sp³-hybridized carbons (Fsp3) is 0.867. The predicted octanol–water partition coefficient (Wildman–Crippen LogP) is 2.21. The molecule has 3 aliphatic rings. The van der Waals surface area contributed by atoms with Gasteiger partial charge >= 0.3 is 0 Å². The molecule has 0 saturated heterocycles. The quantitative estimate of drug-likeness (QED) is 0.685. The minimum atomic E-state index is -0.598. The first kappa shape index (κ1) is 11.7. The Balaban J connectivity index is 1.90. The number of hydrogen-bond acceptors (Lipinski definition) is 2.